The molecule has 0 unspecified atom stereocenters. The molecule has 0 aliphatic carbocycles. The molecule has 0 bridgehead atoms. The second-order valence-corrected chi connectivity index (χ2v) is 3.47. The molecule has 3 rings (SSSR count). The number of nitrogens with zero attached hydrogens (tertiary/aromatic N) is 3. The molecule has 15 heavy (non-hydrogen) atoms. The molecular weight excluding hydrogens is 194 g/mol. The molecule has 2 aromatic heterocycles. The number of anilines is 1. The average molecular weight is 205 g/mol. The van der Waals surface area contributed by atoms with Crippen LogP contribution in [0.3, 0.4) is 0 Å². The summed E-state index contributed by atoms with van der Waals surface area (Å²) in [6.45, 7) is 1.58. The van der Waals surface area contributed by atoms with E-state index < -0.39 is 0 Å². The van der Waals surface area contributed by atoms with Gasteiger partial charge in [0.2, 0.25) is 0 Å². The molecule has 0 amide bonds. The van der Waals surface area contributed by atoms with Gasteiger partial charge in [-0.1, -0.05) is 0 Å². The van der Waals surface area contributed by atoms with Crippen molar-refractivity contribution in [3.8, 4) is 17.3 Å². The van der Waals surface area contributed by atoms with Crippen LogP contribution in [0.2, 0.25) is 0 Å². The molecule has 0 fully saturated rings. The Hall–Kier alpha value is -1.98. The highest BCUT2D eigenvalue weighted by molar-refractivity contribution is 5.70. The topological polar surface area (TPSA) is 81.8 Å². The van der Waals surface area contributed by atoms with E-state index in [-0.39, 0.29) is 0 Å². The maximum atomic E-state index is 5.99. The summed E-state index contributed by atoms with van der Waals surface area (Å²) in [5.74, 6) is 0.645. The van der Waals surface area contributed by atoms with E-state index in [4.69, 9.17) is 10.5 Å². The zero-order chi connectivity index (χ0) is 10.3. The molecule has 1 aliphatic rings. The highest BCUT2D eigenvalue weighted by Gasteiger charge is 2.20. The largest absolute Gasteiger partial charge is 0.465 e. The van der Waals surface area contributed by atoms with Gasteiger partial charge in [0.1, 0.15) is 11.5 Å². The van der Waals surface area contributed by atoms with Crippen molar-refractivity contribution in [1.82, 2.24) is 19.7 Å². The summed E-state index contributed by atoms with van der Waals surface area (Å²) in [7, 11) is 0. The molecule has 0 atom stereocenters. The zero-order valence-electron chi connectivity index (χ0n) is 8.10. The predicted octanol–water partition coefficient (Wildman–Crippen LogP) is 0.638. The number of nitrogens with one attached hydrogen (secondary N) is 1. The van der Waals surface area contributed by atoms with Crippen LogP contribution in [0.15, 0.2) is 12.4 Å². The van der Waals surface area contributed by atoms with E-state index in [2.05, 4.69) is 15.2 Å². The molecule has 1 aliphatic heterocycles. The first-order chi connectivity index (χ1) is 7.36. The number of aromatic nitrogens is 4. The lowest BCUT2D eigenvalue weighted by Crippen LogP contribution is -2.15. The third-order valence-corrected chi connectivity index (χ3v) is 2.50. The number of imidazole rings is 1. The van der Waals surface area contributed by atoms with Gasteiger partial charge in [-0.15, -0.1) is 0 Å². The number of nitrogen functional groups attached to an aromatic ring is 1. The molecule has 0 spiro atoms. The van der Waals surface area contributed by atoms with Crippen LogP contribution in [-0.2, 0) is 6.54 Å². The first-order valence-electron chi connectivity index (χ1n) is 4.84. The second kappa shape index (κ2) is 3.01. The van der Waals surface area contributed by atoms with E-state index in [9.17, 15) is 0 Å². The molecule has 6 nitrogen and oxygen atoms in total. The number of H-pyrrole nitrogens is 1. The Morgan fingerprint density at radius 3 is 3.20 bits per heavy atom. The number of rotatable bonds is 1. The molecule has 0 saturated heterocycles. The van der Waals surface area contributed by atoms with Gasteiger partial charge in [-0.05, 0) is 6.42 Å². The number of ether oxygens (including phenoxy) is 1. The van der Waals surface area contributed by atoms with Crippen molar-refractivity contribution in [2.75, 3.05) is 12.3 Å². The molecule has 6 heteroatoms. The van der Waals surface area contributed by atoms with E-state index in [1.54, 1.807) is 12.4 Å². The third kappa shape index (κ3) is 1.18. The highest BCUT2D eigenvalue weighted by Crippen LogP contribution is 2.30. The van der Waals surface area contributed by atoms with E-state index in [1.807, 2.05) is 4.57 Å². The Labute approximate surface area is 86.1 Å². The number of hydrogen-bond acceptors (Lipinski definition) is 4. The summed E-state index contributed by atoms with van der Waals surface area (Å²) in [6.07, 6.45) is 4.44. The normalized spacial score (nSPS) is 14.7. The van der Waals surface area contributed by atoms with Gasteiger partial charge in [0, 0.05) is 18.3 Å². The standard InChI is InChI=1S/C9H11N5O/c10-8-7(6-4-11-12-5-6)13-9-14(8)2-1-3-15-9/h4-5H,1-3,10H2,(H,11,12). The molecule has 3 heterocycles. The third-order valence-electron chi connectivity index (χ3n) is 2.50. The van der Waals surface area contributed by atoms with Crippen molar-refractivity contribution >= 4 is 5.82 Å². The SMILES string of the molecule is Nc1c(-c2cn[nH]c2)nc2n1CCCO2. The van der Waals surface area contributed by atoms with E-state index >= 15 is 0 Å². The van der Waals surface area contributed by atoms with Gasteiger partial charge in [-0.25, -0.2) is 0 Å². The summed E-state index contributed by atoms with van der Waals surface area (Å²) in [6, 6.07) is 0.606. The quantitative estimate of drug-likeness (QED) is 0.715. The van der Waals surface area contributed by atoms with Crippen LogP contribution in [0, 0.1) is 0 Å². The average Bonchev–Trinajstić information content (AvgIpc) is 2.87. The van der Waals surface area contributed by atoms with E-state index in [0.29, 0.717) is 18.4 Å². The fourth-order valence-corrected chi connectivity index (χ4v) is 1.75. The van der Waals surface area contributed by atoms with Crippen LogP contribution in [-0.4, -0.2) is 26.4 Å². The molecule has 78 valence electrons. The second-order valence-electron chi connectivity index (χ2n) is 3.47. The Morgan fingerprint density at radius 2 is 2.47 bits per heavy atom. The van der Waals surface area contributed by atoms with Gasteiger partial charge in [0.25, 0.3) is 6.01 Å². The van der Waals surface area contributed by atoms with Gasteiger partial charge in [-0.2, -0.15) is 10.1 Å². The molecule has 2 aromatic rings. The van der Waals surface area contributed by atoms with Gasteiger partial charge in [0.05, 0.1) is 12.8 Å². The lowest BCUT2D eigenvalue weighted by molar-refractivity contribution is 0.232. The number of hydrogen-bond donors (Lipinski definition) is 2. The summed E-state index contributed by atoms with van der Waals surface area (Å²) < 4.78 is 7.32. The van der Waals surface area contributed by atoms with Crippen molar-refractivity contribution in [2.24, 2.45) is 0 Å². The molecule has 0 saturated carbocycles. The molecule has 3 N–H and O–H groups in total. The van der Waals surface area contributed by atoms with Gasteiger partial charge in [-0.3, -0.25) is 9.67 Å². The lowest BCUT2D eigenvalue weighted by atomic mass is 10.2. The van der Waals surface area contributed by atoms with Crippen LogP contribution in [0.4, 0.5) is 5.82 Å². The first kappa shape index (κ1) is 8.34. The smallest absolute Gasteiger partial charge is 0.298 e. The predicted molar refractivity (Wildman–Crippen MR) is 54.3 cm³/mol. The van der Waals surface area contributed by atoms with Crippen LogP contribution >= 0.6 is 0 Å². The van der Waals surface area contributed by atoms with E-state index in [0.717, 1.165) is 24.2 Å². The van der Waals surface area contributed by atoms with Crippen LogP contribution in [0.1, 0.15) is 6.42 Å². The minimum atomic E-state index is 0.606. The fourth-order valence-electron chi connectivity index (χ4n) is 1.75. The van der Waals surface area contributed by atoms with Crippen molar-refractivity contribution < 1.29 is 4.74 Å². The van der Waals surface area contributed by atoms with Crippen molar-refractivity contribution in [3.05, 3.63) is 12.4 Å². The van der Waals surface area contributed by atoms with Crippen LogP contribution in [0.5, 0.6) is 6.01 Å². The van der Waals surface area contributed by atoms with E-state index in [1.165, 1.54) is 0 Å². The number of fused-ring (bicyclic) bond motifs is 1. The Bertz CT molecular complexity index is 473. The summed E-state index contributed by atoms with van der Waals surface area (Å²) in [5.41, 5.74) is 7.62. The highest BCUT2D eigenvalue weighted by atomic mass is 16.5. The lowest BCUT2D eigenvalue weighted by Gasteiger charge is -2.14. The maximum Gasteiger partial charge on any atom is 0.298 e. The van der Waals surface area contributed by atoms with Gasteiger partial charge in [0.15, 0.2) is 0 Å². The Balaban J connectivity index is 2.13. The molecule has 0 radical (unpaired) electrons. The van der Waals surface area contributed by atoms with Crippen molar-refractivity contribution in [2.45, 2.75) is 13.0 Å². The summed E-state index contributed by atoms with van der Waals surface area (Å²) in [4.78, 5) is 4.35. The molecule has 0 aromatic carbocycles. The molecular formula is C9H11N5O. The zero-order valence-corrected chi connectivity index (χ0v) is 8.10. The summed E-state index contributed by atoms with van der Waals surface area (Å²) in [5, 5.41) is 6.62. The Morgan fingerprint density at radius 1 is 1.53 bits per heavy atom. The van der Waals surface area contributed by atoms with Crippen molar-refractivity contribution in [3.63, 3.8) is 0 Å². The van der Waals surface area contributed by atoms with Crippen LogP contribution in [0.25, 0.3) is 11.3 Å². The minimum absolute atomic E-state index is 0.606. The fraction of sp³-hybridized carbons (Fsp3) is 0.333. The van der Waals surface area contributed by atoms with Crippen LogP contribution < -0.4 is 10.5 Å². The van der Waals surface area contributed by atoms with Crippen molar-refractivity contribution in [1.29, 1.82) is 0 Å². The maximum absolute atomic E-state index is 5.99. The van der Waals surface area contributed by atoms with Gasteiger partial charge < -0.3 is 10.5 Å². The number of nitrogens with two attached hydrogens (primary N) is 1. The minimum Gasteiger partial charge on any atom is -0.465 e. The summed E-state index contributed by atoms with van der Waals surface area (Å²) >= 11 is 0. The number of aromatic amines is 1. The monoisotopic (exact) mass is 205 g/mol. The first-order valence-corrected chi connectivity index (χ1v) is 4.84. The Kier molecular flexibility index (Phi) is 1.67. The van der Waals surface area contributed by atoms with Gasteiger partial charge >= 0.3 is 0 Å².